The van der Waals surface area contributed by atoms with Crippen LogP contribution >= 0.6 is 11.6 Å². The van der Waals surface area contributed by atoms with Gasteiger partial charge in [-0.15, -0.1) is 0 Å². The number of rotatable bonds is 4. The second-order valence-electron chi connectivity index (χ2n) is 8.41. The zero-order chi connectivity index (χ0) is 23.8. The normalized spacial score (nSPS) is 19.3. The van der Waals surface area contributed by atoms with Crippen molar-refractivity contribution in [3.05, 3.63) is 104 Å². The van der Waals surface area contributed by atoms with Crippen LogP contribution in [-0.2, 0) is 4.79 Å². The smallest absolute Gasteiger partial charge is 0.288 e. The van der Waals surface area contributed by atoms with Crippen LogP contribution in [0.2, 0.25) is 5.02 Å². The van der Waals surface area contributed by atoms with Gasteiger partial charge in [0.15, 0.2) is 5.78 Å². The molecule has 2 atom stereocenters. The number of methoxy groups -OCH3 is 1. The van der Waals surface area contributed by atoms with E-state index in [1.165, 1.54) is 12.1 Å². The second kappa shape index (κ2) is 8.83. The molecule has 3 aromatic carbocycles. The summed E-state index contributed by atoms with van der Waals surface area (Å²) in [5.74, 6) is 0.723. The number of nitrogens with zero attached hydrogens (tertiary/aromatic N) is 1. The van der Waals surface area contributed by atoms with E-state index in [0.29, 0.717) is 24.0 Å². The molecule has 0 radical (unpaired) electrons. The zero-order valence-corrected chi connectivity index (χ0v) is 19.1. The Labute approximate surface area is 201 Å². The lowest BCUT2D eigenvalue weighted by molar-refractivity contribution is -0.384. The van der Waals surface area contributed by atoms with E-state index in [1.54, 1.807) is 13.2 Å². The lowest BCUT2D eigenvalue weighted by Gasteiger charge is -2.30. The third-order valence-electron chi connectivity index (χ3n) is 6.37. The summed E-state index contributed by atoms with van der Waals surface area (Å²) in [5, 5.41) is 18.5. The van der Waals surface area contributed by atoms with Gasteiger partial charge in [0.05, 0.1) is 29.4 Å². The minimum atomic E-state index is -0.555. The van der Waals surface area contributed by atoms with Crippen molar-refractivity contribution in [3.8, 4) is 5.75 Å². The van der Waals surface area contributed by atoms with Crippen LogP contribution in [0.15, 0.2) is 78.0 Å². The first kappa shape index (κ1) is 22.0. The second-order valence-corrected chi connectivity index (χ2v) is 8.82. The largest absolute Gasteiger partial charge is 0.497 e. The number of allylic oxidation sites excluding steroid dienone is 1. The Hall–Kier alpha value is -3.84. The summed E-state index contributed by atoms with van der Waals surface area (Å²) in [6.45, 7) is 0. The predicted molar refractivity (Wildman–Crippen MR) is 132 cm³/mol. The fourth-order valence-corrected chi connectivity index (χ4v) is 4.91. The molecule has 8 heteroatoms. The van der Waals surface area contributed by atoms with Crippen molar-refractivity contribution in [2.24, 2.45) is 0 Å². The molecule has 2 unspecified atom stereocenters. The number of carbonyl (C=O) groups is 1. The van der Waals surface area contributed by atoms with Gasteiger partial charge in [-0.3, -0.25) is 14.9 Å². The number of fused-ring (bicyclic) bond motifs is 1. The summed E-state index contributed by atoms with van der Waals surface area (Å²) in [5.41, 5.74) is 4.51. The maximum absolute atomic E-state index is 13.6. The molecule has 0 fully saturated rings. The van der Waals surface area contributed by atoms with Crippen LogP contribution in [0.25, 0.3) is 0 Å². The van der Waals surface area contributed by atoms with Gasteiger partial charge in [0.25, 0.3) is 5.69 Å². The molecule has 0 amide bonds. The molecule has 0 aromatic heterocycles. The maximum Gasteiger partial charge on any atom is 0.288 e. The maximum atomic E-state index is 13.6. The van der Waals surface area contributed by atoms with Crippen LogP contribution < -0.4 is 15.4 Å². The summed E-state index contributed by atoms with van der Waals surface area (Å²) < 4.78 is 5.37. The van der Waals surface area contributed by atoms with Crippen LogP contribution in [0.3, 0.4) is 0 Å². The van der Waals surface area contributed by atoms with E-state index in [1.807, 2.05) is 48.5 Å². The minimum absolute atomic E-state index is 0.00974. The van der Waals surface area contributed by atoms with Gasteiger partial charge in [0, 0.05) is 23.8 Å². The predicted octanol–water partition coefficient (Wildman–Crippen LogP) is 6.24. The van der Waals surface area contributed by atoms with Gasteiger partial charge in [-0.25, -0.2) is 0 Å². The number of Topliss-reactive ketones (excluding diaryl/α,β-unsaturated/α-hetero) is 1. The molecule has 5 rings (SSSR count). The van der Waals surface area contributed by atoms with Crippen LogP contribution in [0.1, 0.15) is 35.9 Å². The Morgan fingerprint density at radius 3 is 2.56 bits per heavy atom. The van der Waals surface area contributed by atoms with Crippen molar-refractivity contribution in [1.29, 1.82) is 0 Å². The minimum Gasteiger partial charge on any atom is -0.497 e. The molecule has 1 aliphatic carbocycles. The molecule has 0 saturated carbocycles. The molecule has 34 heavy (non-hydrogen) atoms. The number of nitro groups is 1. The quantitative estimate of drug-likeness (QED) is 0.343. The van der Waals surface area contributed by atoms with Crippen LogP contribution in [0.4, 0.5) is 17.1 Å². The lowest BCUT2D eigenvalue weighted by atomic mass is 9.78. The first-order chi connectivity index (χ1) is 16.4. The topological polar surface area (TPSA) is 93.5 Å². The third kappa shape index (κ3) is 3.99. The van der Waals surface area contributed by atoms with E-state index in [9.17, 15) is 14.9 Å². The van der Waals surface area contributed by atoms with E-state index in [0.717, 1.165) is 28.4 Å². The number of benzene rings is 3. The van der Waals surface area contributed by atoms with E-state index < -0.39 is 11.0 Å². The van der Waals surface area contributed by atoms with Crippen molar-refractivity contribution in [2.45, 2.75) is 24.8 Å². The molecular weight excluding hydrogens is 454 g/mol. The van der Waals surface area contributed by atoms with E-state index in [-0.39, 0.29) is 22.4 Å². The first-order valence-electron chi connectivity index (χ1n) is 10.9. The molecule has 1 aliphatic heterocycles. The highest BCUT2D eigenvalue weighted by atomic mass is 35.5. The number of ketones is 1. The monoisotopic (exact) mass is 475 g/mol. The Morgan fingerprint density at radius 2 is 1.79 bits per heavy atom. The number of hydrogen-bond donors (Lipinski definition) is 2. The average molecular weight is 476 g/mol. The molecule has 0 bridgehead atoms. The standard InChI is InChI=1S/C26H22ClN3O4/c1-34-18-6-4-5-15(11-18)17-12-22-25(24(31)14-17)26(29-21-8-3-2-7-20(21)28-22)16-9-10-19(27)23(13-16)30(32)33/h2-11,13,17,26,28-29H,12,14H2,1H3. The molecule has 0 saturated heterocycles. The van der Waals surface area contributed by atoms with Crippen LogP contribution in [-0.4, -0.2) is 17.8 Å². The molecule has 2 N–H and O–H groups in total. The van der Waals surface area contributed by atoms with Gasteiger partial charge >= 0.3 is 0 Å². The number of nitro benzene ring substituents is 1. The van der Waals surface area contributed by atoms with Crippen molar-refractivity contribution in [3.63, 3.8) is 0 Å². The summed E-state index contributed by atoms with van der Waals surface area (Å²) >= 11 is 6.06. The van der Waals surface area contributed by atoms with Crippen LogP contribution in [0.5, 0.6) is 5.75 Å². The summed E-state index contributed by atoms with van der Waals surface area (Å²) in [6, 6.07) is 19.6. The number of halogens is 1. The van der Waals surface area contributed by atoms with Crippen molar-refractivity contribution in [2.75, 3.05) is 17.7 Å². The molecule has 1 heterocycles. The fraction of sp³-hybridized carbons (Fsp3) is 0.192. The Bertz CT molecular complexity index is 1340. The van der Waals surface area contributed by atoms with Crippen molar-refractivity contribution >= 4 is 34.4 Å². The molecule has 2 aliphatic rings. The Kier molecular flexibility index (Phi) is 5.71. The first-order valence-corrected chi connectivity index (χ1v) is 11.3. The fourth-order valence-electron chi connectivity index (χ4n) is 4.72. The highest BCUT2D eigenvalue weighted by Crippen LogP contribution is 2.45. The summed E-state index contributed by atoms with van der Waals surface area (Å²) in [4.78, 5) is 24.6. The summed E-state index contributed by atoms with van der Waals surface area (Å²) in [6.07, 6.45) is 0.953. The third-order valence-corrected chi connectivity index (χ3v) is 6.69. The van der Waals surface area contributed by atoms with Gasteiger partial charge in [0.1, 0.15) is 10.8 Å². The van der Waals surface area contributed by atoms with Gasteiger partial charge < -0.3 is 15.4 Å². The van der Waals surface area contributed by atoms with E-state index >= 15 is 0 Å². The van der Waals surface area contributed by atoms with Gasteiger partial charge in [-0.2, -0.15) is 0 Å². The Balaban J connectivity index is 1.62. The number of nitrogens with one attached hydrogen (secondary N) is 2. The highest BCUT2D eigenvalue weighted by Gasteiger charge is 2.36. The number of ether oxygens (including phenoxy) is 1. The van der Waals surface area contributed by atoms with Gasteiger partial charge in [-0.05, 0) is 53.8 Å². The highest BCUT2D eigenvalue weighted by molar-refractivity contribution is 6.32. The Morgan fingerprint density at radius 1 is 1.00 bits per heavy atom. The number of anilines is 2. The SMILES string of the molecule is COc1cccc(C2CC(=O)C3=C(C2)Nc2ccccc2NC3c2ccc(Cl)c([N+](=O)[O-])c2)c1. The molecule has 0 spiro atoms. The average Bonchev–Trinajstić information content (AvgIpc) is 3.01. The zero-order valence-electron chi connectivity index (χ0n) is 18.4. The summed E-state index contributed by atoms with van der Waals surface area (Å²) in [7, 11) is 1.62. The van der Waals surface area contributed by atoms with Crippen LogP contribution in [0, 0.1) is 10.1 Å². The van der Waals surface area contributed by atoms with E-state index in [2.05, 4.69) is 10.6 Å². The van der Waals surface area contributed by atoms with Crippen molar-refractivity contribution < 1.29 is 14.5 Å². The number of hydrogen-bond acceptors (Lipinski definition) is 6. The number of para-hydroxylation sites is 2. The molecule has 172 valence electrons. The number of carbonyl (C=O) groups excluding carboxylic acids is 1. The molecule has 7 nitrogen and oxygen atoms in total. The molecule has 3 aromatic rings. The van der Waals surface area contributed by atoms with E-state index in [4.69, 9.17) is 16.3 Å². The molecular formula is C26H22ClN3O4. The van der Waals surface area contributed by atoms with Crippen molar-refractivity contribution in [1.82, 2.24) is 0 Å². The van der Waals surface area contributed by atoms with Gasteiger partial charge in [-0.1, -0.05) is 41.9 Å². The lowest BCUT2D eigenvalue weighted by Crippen LogP contribution is -2.27. The van der Waals surface area contributed by atoms with Gasteiger partial charge in [0.2, 0.25) is 0 Å².